The van der Waals surface area contributed by atoms with E-state index in [1.54, 1.807) is 18.0 Å². The second kappa shape index (κ2) is 8.26. The van der Waals surface area contributed by atoms with Crippen LogP contribution in [0.2, 0.25) is 0 Å². The van der Waals surface area contributed by atoms with Gasteiger partial charge < -0.3 is 10.5 Å². The lowest BCUT2D eigenvalue weighted by molar-refractivity contribution is -0.123. The number of carbonyl (C=O) groups is 1. The average Bonchev–Trinajstić information content (AvgIpc) is 2.54. The Morgan fingerprint density at radius 1 is 1.23 bits per heavy atom. The molecule has 0 saturated heterocycles. The number of ether oxygens (including phenoxy) is 1. The molecule has 0 aliphatic carbocycles. The van der Waals surface area contributed by atoms with Crippen molar-refractivity contribution in [3.8, 4) is 5.75 Å². The van der Waals surface area contributed by atoms with Crippen molar-refractivity contribution in [1.82, 2.24) is 4.90 Å². The fourth-order valence-electron chi connectivity index (χ4n) is 2.47. The van der Waals surface area contributed by atoms with Crippen LogP contribution in [0.15, 0.2) is 53.4 Å². The highest BCUT2D eigenvalue weighted by Gasteiger charge is 2.23. The van der Waals surface area contributed by atoms with Crippen LogP contribution in [-0.2, 0) is 14.8 Å². The first-order chi connectivity index (χ1) is 12.2. The zero-order valence-electron chi connectivity index (χ0n) is 14.1. The van der Waals surface area contributed by atoms with E-state index < -0.39 is 27.8 Å². The van der Waals surface area contributed by atoms with E-state index in [1.807, 2.05) is 0 Å². The van der Waals surface area contributed by atoms with E-state index in [0.717, 1.165) is 0 Å². The highest BCUT2D eigenvalue weighted by atomic mass is 32.2. The number of nitrogens with zero attached hydrogens (tertiary/aromatic N) is 1. The van der Waals surface area contributed by atoms with Gasteiger partial charge in [-0.1, -0.05) is 12.1 Å². The Bertz CT molecular complexity index is 872. The van der Waals surface area contributed by atoms with Crippen molar-refractivity contribution in [3.05, 3.63) is 59.9 Å². The van der Waals surface area contributed by atoms with Crippen LogP contribution in [0.25, 0.3) is 0 Å². The number of halogens is 1. The molecule has 1 atom stereocenters. The molecule has 1 unspecified atom stereocenters. The molecule has 140 valence electrons. The Kier molecular flexibility index (Phi) is 6.30. The molecule has 7 nitrogen and oxygen atoms in total. The van der Waals surface area contributed by atoms with Gasteiger partial charge in [-0.2, -0.15) is 0 Å². The summed E-state index contributed by atoms with van der Waals surface area (Å²) >= 11 is 0. The minimum absolute atomic E-state index is 0.0122. The van der Waals surface area contributed by atoms with Crippen molar-refractivity contribution < 1.29 is 22.3 Å². The van der Waals surface area contributed by atoms with E-state index >= 15 is 0 Å². The molecular formula is C17H20FN3O4S. The van der Waals surface area contributed by atoms with E-state index in [1.165, 1.54) is 42.5 Å². The molecule has 4 N–H and O–H groups in total. The molecule has 0 aliphatic heterocycles. The first kappa shape index (κ1) is 19.8. The molecule has 0 aromatic heterocycles. The molecule has 2 aromatic rings. The quantitative estimate of drug-likeness (QED) is 0.708. The minimum Gasteiger partial charge on any atom is -0.492 e. The van der Waals surface area contributed by atoms with Crippen LogP contribution in [-0.4, -0.2) is 39.4 Å². The molecule has 0 saturated carbocycles. The number of benzene rings is 2. The van der Waals surface area contributed by atoms with E-state index in [4.69, 9.17) is 15.6 Å². The fourth-order valence-corrected chi connectivity index (χ4v) is 2.99. The number of sulfonamides is 1. The summed E-state index contributed by atoms with van der Waals surface area (Å²) in [5, 5.41) is 5.03. The lowest BCUT2D eigenvalue weighted by atomic mass is 10.1. The van der Waals surface area contributed by atoms with Gasteiger partial charge in [-0.3, -0.25) is 9.69 Å². The van der Waals surface area contributed by atoms with Crippen molar-refractivity contribution in [2.75, 3.05) is 20.2 Å². The lowest BCUT2D eigenvalue weighted by Crippen LogP contribution is -2.37. The summed E-state index contributed by atoms with van der Waals surface area (Å²) in [6, 6.07) is 10.5. The molecule has 0 aliphatic rings. The SMILES string of the molecule is CN(CCOc1ccc(S(N)(=O)=O)cc1)C(C(N)=O)c1cccc(F)c1. The topological polar surface area (TPSA) is 116 Å². The van der Waals surface area contributed by atoms with Gasteiger partial charge in [0.05, 0.1) is 4.90 Å². The monoisotopic (exact) mass is 381 g/mol. The second-order valence-corrected chi connectivity index (χ2v) is 7.27. The molecule has 0 fully saturated rings. The molecule has 0 radical (unpaired) electrons. The van der Waals surface area contributed by atoms with Gasteiger partial charge >= 0.3 is 0 Å². The summed E-state index contributed by atoms with van der Waals surface area (Å²) in [5.74, 6) is -0.601. The van der Waals surface area contributed by atoms with Crippen LogP contribution in [0.5, 0.6) is 5.75 Å². The Morgan fingerprint density at radius 3 is 2.42 bits per heavy atom. The summed E-state index contributed by atoms with van der Waals surface area (Å²) in [6.45, 7) is 0.547. The largest absolute Gasteiger partial charge is 0.492 e. The number of carbonyl (C=O) groups excluding carboxylic acids is 1. The van der Waals surface area contributed by atoms with E-state index in [2.05, 4.69) is 0 Å². The third-order valence-electron chi connectivity index (χ3n) is 3.74. The Morgan fingerprint density at radius 2 is 1.88 bits per heavy atom. The second-order valence-electron chi connectivity index (χ2n) is 5.71. The molecule has 0 spiro atoms. The summed E-state index contributed by atoms with van der Waals surface area (Å²) in [6.07, 6.45) is 0. The summed E-state index contributed by atoms with van der Waals surface area (Å²) in [5.41, 5.74) is 5.90. The first-order valence-corrected chi connectivity index (χ1v) is 9.24. The maximum absolute atomic E-state index is 13.4. The number of rotatable bonds is 8. The van der Waals surface area contributed by atoms with Crippen LogP contribution in [0.4, 0.5) is 4.39 Å². The van der Waals surface area contributed by atoms with Gasteiger partial charge in [-0.25, -0.2) is 17.9 Å². The van der Waals surface area contributed by atoms with Crippen molar-refractivity contribution in [2.24, 2.45) is 10.9 Å². The van der Waals surface area contributed by atoms with Gasteiger partial charge in [-0.05, 0) is 49.0 Å². The standard InChI is InChI=1S/C17H20FN3O4S/c1-21(16(17(19)22)12-3-2-4-13(18)11-12)9-10-25-14-5-7-15(8-6-14)26(20,23)24/h2-8,11,16H,9-10H2,1H3,(H2,19,22)(H2,20,23,24). The van der Waals surface area contributed by atoms with Gasteiger partial charge in [0.15, 0.2) is 0 Å². The molecule has 0 bridgehead atoms. The molecule has 2 aromatic carbocycles. The zero-order chi connectivity index (χ0) is 19.3. The van der Waals surface area contributed by atoms with Crippen molar-refractivity contribution in [3.63, 3.8) is 0 Å². The van der Waals surface area contributed by atoms with Crippen LogP contribution >= 0.6 is 0 Å². The number of primary amides is 1. The smallest absolute Gasteiger partial charge is 0.239 e. The molecule has 2 rings (SSSR count). The Balaban J connectivity index is 1.98. The summed E-state index contributed by atoms with van der Waals surface area (Å²) in [7, 11) is -2.08. The number of likely N-dealkylation sites (N-methyl/N-ethyl adjacent to an activating group) is 1. The average molecular weight is 381 g/mol. The van der Waals surface area contributed by atoms with Crippen molar-refractivity contribution in [1.29, 1.82) is 0 Å². The first-order valence-electron chi connectivity index (χ1n) is 7.69. The normalized spacial score (nSPS) is 12.8. The van der Waals surface area contributed by atoms with Crippen LogP contribution in [0.1, 0.15) is 11.6 Å². The van der Waals surface area contributed by atoms with E-state index in [-0.39, 0.29) is 11.5 Å². The fraction of sp³-hybridized carbons (Fsp3) is 0.235. The number of hydrogen-bond donors (Lipinski definition) is 2. The third kappa shape index (κ3) is 5.25. The van der Waals surface area contributed by atoms with Crippen LogP contribution in [0.3, 0.4) is 0 Å². The summed E-state index contributed by atoms with van der Waals surface area (Å²) in [4.78, 5) is 13.4. The van der Waals surface area contributed by atoms with Crippen molar-refractivity contribution >= 4 is 15.9 Å². The highest BCUT2D eigenvalue weighted by molar-refractivity contribution is 7.89. The molecule has 9 heteroatoms. The number of primary sulfonamides is 1. The lowest BCUT2D eigenvalue weighted by Gasteiger charge is -2.25. The van der Waals surface area contributed by atoms with Crippen LogP contribution < -0.4 is 15.6 Å². The van der Waals surface area contributed by atoms with Gasteiger partial charge in [0.2, 0.25) is 15.9 Å². The van der Waals surface area contributed by atoms with Crippen LogP contribution in [0, 0.1) is 5.82 Å². The van der Waals surface area contributed by atoms with E-state index in [0.29, 0.717) is 17.9 Å². The van der Waals surface area contributed by atoms with Gasteiger partial charge in [0, 0.05) is 6.54 Å². The predicted octanol–water partition coefficient (Wildman–Crippen LogP) is 1.01. The molecule has 0 heterocycles. The van der Waals surface area contributed by atoms with E-state index in [9.17, 15) is 17.6 Å². The number of hydrogen-bond acceptors (Lipinski definition) is 5. The van der Waals surface area contributed by atoms with Gasteiger partial charge in [-0.15, -0.1) is 0 Å². The Labute approximate surface area is 151 Å². The van der Waals surface area contributed by atoms with Crippen molar-refractivity contribution in [2.45, 2.75) is 10.9 Å². The van der Waals surface area contributed by atoms with Gasteiger partial charge in [0.1, 0.15) is 24.2 Å². The highest BCUT2D eigenvalue weighted by Crippen LogP contribution is 2.20. The molecular weight excluding hydrogens is 361 g/mol. The Hall–Kier alpha value is -2.49. The third-order valence-corrected chi connectivity index (χ3v) is 4.67. The van der Waals surface area contributed by atoms with Gasteiger partial charge in [0.25, 0.3) is 0 Å². The zero-order valence-corrected chi connectivity index (χ0v) is 14.9. The maximum atomic E-state index is 13.4. The minimum atomic E-state index is -3.75. The summed E-state index contributed by atoms with van der Waals surface area (Å²) < 4.78 is 41.3. The number of nitrogens with two attached hydrogens (primary N) is 2. The predicted molar refractivity (Wildman–Crippen MR) is 94.3 cm³/mol. The maximum Gasteiger partial charge on any atom is 0.239 e. The molecule has 1 amide bonds. The molecule has 26 heavy (non-hydrogen) atoms. The number of amides is 1.